The predicted octanol–water partition coefficient (Wildman–Crippen LogP) is 4.28. The van der Waals surface area contributed by atoms with Gasteiger partial charge in [0.1, 0.15) is 23.8 Å². The molecule has 1 aromatic carbocycles. The number of aromatic nitrogens is 2. The van der Waals surface area contributed by atoms with E-state index in [2.05, 4.69) is 10.2 Å². The van der Waals surface area contributed by atoms with Gasteiger partial charge in [-0.05, 0) is 64.3 Å². The van der Waals surface area contributed by atoms with Gasteiger partial charge in [-0.15, -0.1) is 10.2 Å². The second-order valence-electron chi connectivity index (χ2n) is 9.90. The van der Waals surface area contributed by atoms with Gasteiger partial charge in [0.15, 0.2) is 5.82 Å². The highest BCUT2D eigenvalue weighted by Crippen LogP contribution is 2.41. The van der Waals surface area contributed by atoms with Crippen molar-refractivity contribution in [3.63, 3.8) is 0 Å². The van der Waals surface area contributed by atoms with E-state index in [0.29, 0.717) is 41.2 Å². The smallest absolute Gasteiger partial charge is 0.410 e. The lowest BCUT2D eigenvalue weighted by atomic mass is 9.94. The fourth-order valence-corrected chi connectivity index (χ4v) is 4.91. The molecule has 0 N–H and O–H groups in total. The molecule has 4 atom stereocenters. The van der Waals surface area contributed by atoms with Crippen molar-refractivity contribution < 1.29 is 23.5 Å². The van der Waals surface area contributed by atoms with Crippen molar-refractivity contribution in [3.05, 3.63) is 35.9 Å². The van der Waals surface area contributed by atoms with Gasteiger partial charge in [-0.1, -0.05) is 6.07 Å². The molecule has 0 aliphatic carbocycles. The van der Waals surface area contributed by atoms with Crippen LogP contribution >= 0.6 is 0 Å². The van der Waals surface area contributed by atoms with Gasteiger partial charge in [0.05, 0.1) is 24.9 Å². The zero-order chi connectivity index (χ0) is 24.6. The van der Waals surface area contributed by atoms with Gasteiger partial charge in [0.25, 0.3) is 0 Å². The number of halogens is 1. The quantitative estimate of drug-likeness (QED) is 0.603. The average molecular weight is 471 g/mol. The van der Waals surface area contributed by atoms with Crippen molar-refractivity contribution >= 4 is 18.2 Å². The SMILES string of the molecule is COc1cc(C=O)ccc1-c1ccc(N(C)[C@H]2C[C@@H]3CC[C@@H]([C@H]2F)N3C(=O)OC(C)(C)C)nn1. The third-order valence-electron chi connectivity index (χ3n) is 6.55. The molecule has 2 aliphatic heterocycles. The first-order chi connectivity index (χ1) is 16.1. The van der Waals surface area contributed by atoms with Crippen LogP contribution in [-0.4, -0.2) is 71.5 Å². The van der Waals surface area contributed by atoms with Crippen LogP contribution in [0.1, 0.15) is 50.4 Å². The van der Waals surface area contributed by atoms with Gasteiger partial charge < -0.3 is 14.4 Å². The molecule has 4 rings (SSSR count). The monoisotopic (exact) mass is 470 g/mol. The summed E-state index contributed by atoms with van der Waals surface area (Å²) in [7, 11) is 3.34. The number of amides is 1. The van der Waals surface area contributed by atoms with Crippen LogP contribution < -0.4 is 9.64 Å². The largest absolute Gasteiger partial charge is 0.496 e. The number of carbonyl (C=O) groups is 2. The van der Waals surface area contributed by atoms with Gasteiger partial charge in [0, 0.05) is 24.2 Å². The van der Waals surface area contributed by atoms with E-state index < -0.39 is 29.9 Å². The molecule has 1 aromatic heterocycles. The van der Waals surface area contributed by atoms with E-state index in [1.807, 2.05) is 32.7 Å². The average Bonchev–Trinajstić information content (AvgIpc) is 3.16. The molecular formula is C25H31FN4O4. The summed E-state index contributed by atoms with van der Waals surface area (Å²) < 4.78 is 26.6. The molecule has 3 heterocycles. The molecule has 0 saturated carbocycles. The van der Waals surface area contributed by atoms with E-state index in [1.165, 1.54) is 7.11 Å². The van der Waals surface area contributed by atoms with Crippen LogP contribution in [0.15, 0.2) is 30.3 Å². The number of methoxy groups -OCH3 is 1. The highest BCUT2D eigenvalue weighted by atomic mass is 19.1. The van der Waals surface area contributed by atoms with Crippen molar-refractivity contribution in [1.82, 2.24) is 15.1 Å². The Morgan fingerprint density at radius 1 is 1.21 bits per heavy atom. The number of aldehydes is 1. The number of carbonyl (C=O) groups excluding carboxylic acids is 2. The van der Waals surface area contributed by atoms with Crippen LogP contribution in [0.25, 0.3) is 11.3 Å². The van der Waals surface area contributed by atoms with Gasteiger partial charge in [-0.2, -0.15) is 0 Å². The van der Waals surface area contributed by atoms with Gasteiger partial charge in [-0.3, -0.25) is 9.69 Å². The summed E-state index contributed by atoms with van der Waals surface area (Å²) in [6.45, 7) is 5.44. The van der Waals surface area contributed by atoms with E-state index in [-0.39, 0.29) is 6.04 Å². The van der Waals surface area contributed by atoms with Crippen LogP contribution in [0.5, 0.6) is 5.75 Å². The first-order valence-corrected chi connectivity index (χ1v) is 11.5. The molecule has 2 aromatic rings. The van der Waals surface area contributed by atoms with E-state index in [4.69, 9.17) is 9.47 Å². The summed E-state index contributed by atoms with van der Waals surface area (Å²) in [5.74, 6) is 1.07. The number of fused-ring (bicyclic) bond motifs is 2. The second kappa shape index (κ2) is 9.19. The number of hydrogen-bond acceptors (Lipinski definition) is 7. The van der Waals surface area contributed by atoms with Crippen molar-refractivity contribution in [3.8, 4) is 17.0 Å². The maximum Gasteiger partial charge on any atom is 0.410 e. The van der Waals surface area contributed by atoms with Crippen molar-refractivity contribution in [2.24, 2.45) is 0 Å². The van der Waals surface area contributed by atoms with E-state index >= 15 is 4.39 Å². The number of rotatable bonds is 5. The molecule has 2 fully saturated rings. The molecule has 8 nitrogen and oxygen atoms in total. The number of nitrogens with zero attached hydrogens (tertiary/aromatic N) is 4. The zero-order valence-electron chi connectivity index (χ0n) is 20.2. The standard InChI is InChI=1S/C25H31FN4O4/c1-25(2,3)34-24(32)30-16-7-10-19(30)23(26)20(13-16)29(4)22-11-9-18(27-28-22)17-8-6-15(14-31)12-21(17)33-5/h6,8-9,11-12,14,16,19-20,23H,7,10,13H2,1-5H3/t16-,19-,20-,23+/m0/s1. The fraction of sp³-hybridized carbons (Fsp3) is 0.520. The molecule has 2 bridgehead atoms. The molecular weight excluding hydrogens is 439 g/mol. The fourth-order valence-electron chi connectivity index (χ4n) is 4.91. The van der Waals surface area contributed by atoms with Crippen LogP contribution in [-0.2, 0) is 4.74 Å². The van der Waals surface area contributed by atoms with Crippen LogP contribution in [0.4, 0.5) is 15.0 Å². The Balaban J connectivity index is 1.51. The molecule has 1 amide bonds. The first kappa shape index (κ1) is 23.9. The molecule has 0 radical (unpaired) electrons. The predicted molar refractivity (Wildman–Crippen MR) is 126 cm³/mol. The summed E-state index contributed by atoms with van der Waals surface area (Å²) in [5.41, 5.74) is 1.18. The maximum atomic E-state index is 15.6. The summed E-state index contributed by atoms with van der Waals surface area (Å²) in [6.07, 6.45) is 0.964. The minimum Gasteiger partial charge on any atom is -0.496 e. The Hall–Kier alpha value is -3.23. The maximum absolute atomic E-state index is 15.6. The number of alkyl halides is 1. The van der Waals surface area contributed by atoms with Crippen LogP contribution in [0.2, 0.25) is 0 Å². The molecule has 9 heteroatoms. The number of anilines is 1. The van der Waals surface area contributed by atoms with Crippen LogP contribution in [0, 0.1) is 0 Å². The van der Waals surface area contributed by atoms with Gasteiger partial charge in [0.2, 0.25) is 0 Å². The highest BCUT2D eigenvalue weighted by Gasteiger charge is 2.52. The third-order valence-corrected chi connectivity index (χ3v) is 6.55. The minimum absolute atomic E-state index is 0.0628. The normalized spacial score (nSPS) is 24.0. The lowest BCUT2D eigenvalue weighted by molar-refractivity contribution is -0.0104. The summed E-state index contributed by atoms with van der Waals surface area (Å²) in [6, 6.07) is 7.70. The molecule has 34 heavy (non-hydrogen) atoms. The lowest BCUT2D eigenvalue weighted by Gasteiger charge is -2.44. The Morgan fingerprint density at radius 3 is 2.59 bits per heavy atom. The van der Waals surface area contributed by atoms with Gasteiger partial charge in [-0.25, -0.2) is 9.18 Å². The van der Waals surface area contributed by atoms with Crippen LogP contribution in [0.3, 0.4) is 0 Å². The Labute approximate surface area is 199 Å². The van der Waals surface area contributed by atoms with E-state index in [9.17, 15) is 9.59 Å². The van der Waals surface area contributed by atoms with E-state index in [1.54, 1.807) is 35.2 Å². The van der Waals surface area contributed by atoms with Gasteiger partial charge >= 0.3 is 6.09 Å². The third kappa shape index (κ3) is 4.56. The number of hydrogen-bond donors (Lipinski definition) is 0. The Bertz CT molecular complexity index is 1060. The summed E-state index contributed by atoms with van der Waals surface area (Å²) >= 11 is 0. The Morgan fingerprint density at radius 2 is 1.97 bits per heavy atom. The lowest BCUT2D eigenvalue weighted by Crippen LogP contribution is -2.59. The summed E-state index contributed by atoms with van der Waals surface area (Å²) in [5, 5.41) is 8.66. The zero-order valence-corrected chi connectivity index (χ0v) is 20.2. The van der Waals surface area contributed by atoms with Crippen molar-refractivity contribution in [2.45, 2.75) is 69.9 Å². The number of piperidine rings is 1. The topological polar surface area (TPSA) is 84.9 Å². The molecule has 0 spiro atoms. The molecule has 0 unspecified atom stereocenters. The molecule has 2 aliphatic rings. The molecule has 182 valence electrons. The Kier molecular flexibility index (Phi) is 6.47. The number of ether oxygens (including phenoxy) is 2. The second-order valence-corrected chi connectivity index (χ2v) is 9.90. The number of benzene rings is 1. The first-order valence-electron chi connectivity index (χ1n) is 11.5. The minimum atomic E-state index is -1.23. The molecule has 2 saturated heterocycles. The van der Waals surface area contributed by atoms with Crippen molar-refractivity contribution in [2.75, 3.05) is 19.1 Å². The van der Waals surface area contributed by atoms with Crippen molar-refractivity contribution in [1.29, 1.82) is 0 Å². The van der Waals surface area contributed by atoms with E-state index in [0.717, 1.165) is 12.7 Å². The summed E-state index contributed by atoms with van der Waals surface area (Å²) in [4.78, 5) is 27.2. The highest BCUT2D eigenvalue weighted by molar-refractivity contribution is 5.79.